The van der Waals surface area contributed by atoms with Crippen molar-refractivity contribution in [1.29, 1.82) is 0 Å². The fourth-order valence-corrected chi connectivity index (χ4v) is 3.14. The molecule has 0 aliphatic rings. The first kappa shape index (κ1) is 17.2. The minimum atomic E-state index is -0.250. The molecule has 2 aromatic carbocycles. The summed E-state index contributed by atoms with van der Waals surface area (Å²) in [5.41, 5.74) is 3.86. The fraction of sp³-hybridized carbons (Fsp3) is 0.200. The first-order valence-corrected chi connectivity index (χ1v) is 8.82. The molecule has 0 spiro atoms. The number of ether oxygens (including phenoxy) is 2. The second-order valence-corrected chi connectivity index (χ2v) is 6.56. The summed E-state index contributed by atoms with van der Waals surface area (Å²) in [6.45, 7) is 2.20. The van der Waals surface area contributed by atoms with Gasteiger partial charge in [0.1, 0.15) is 17.4 Å². The van der Waals surface area contributed by atoms with E-state index in [2.05, 4.69) is 4.98 Å². The van der Waals surface area contributed by atoms with Crippen molar-refractivity contribution in [2.24, 2.45) is 0 Å². The zero-order valence-corrected chi connectivity index (χ0v) is 15.0. The van der Waals surface area contributed by atoms with Gasteiger partial charge in [-0.2, -0.15) is 0 Å². The van der Waals surface area contributed by atoms with Gasteiger partial charge in [0.15, 0.2) is 0 Å². The Morgan fingerprint density at radius 2 is 1.96 bits per heavy atom. The van der Waals surface area contributed by atoms with Gasteiger partial charge in [-0.25, -0.2) is 4.98 Å². The van der Waals surface area contributed by atoms with Gasteiger partial charge in [0.2, 0.25) is 0 Å². The van der Waals surface area contributed by atoms with E-state index in [4.69, 9.17) is 9.47 Å². The van der Waals surface area contributed by atoms with Crippen molar-refractivity contribution < 1.29 is 14.3 Å². The Kier molecular flexibility index (Phi) is 5.46. The van der Waals surface area contributed by atoms with Crippen molar-refractivity contribution in [2.45, 2.75) is 20.0 Å². The van der Waals surface area contributed by atoms with E-state index in [0.29, 0.717) is 0 Å². The maximum absolute atomic E-state index is 12.0. The van der Waals surface area contributed by atoms with Crippen molar-refractivity contribution >= 4 is 17.3 Å². The highest BCUT2D eigenvalue weighted by molar-refractivity contribution is 7.13. The van der Waals surface area contributed by atoms with Crippen LogP contribution in [0.2, 0.25) is 0 Å². The highest BCUT2D eigenvalue weighted by atomic mass is 32.1. The number of carbonyl (C=O) groups excluding carboxylic acids is 1. The average molecular weight is 353 g/mol. The number of aryl methyl sites for hydroxylation is 1. The number of methoxy groups -OCH3 is 1. The predicted octanol–water partition coefficient (Wildman–Crippen LogP) is 4.41. The zero-order chi connectivity index (χ0) is 17.6. The molecule has 1 aromatic heterocycles. The normalized spacial score (nSPS) is 10.5. The van der Waals surface area contributed by atoms with Gasteiger partial charge in [-0.3, -0.25) is 4.79 Å². The third-order valence-corrected chi connectivity index (χ3v) is 4.66. The average Bonchev–Trinajstić information content (AvgIpc) is 3.11. The molecule has 0 unspecified atom stereocenters. The number of carbonyl (C=O) groups is 1. The number of hydrogen-bond donors (Lipinski definition) is 0. The summed E-state index contributed by atoms with van der Waals surface area (Å²) in [5.74, 6) is 0.540. The van der Waals surface area contributed by atoms with Gasteiger partial charge in [0.05, 0.1) is 19.2 Å². The molecule has 0 radical (unpaired) electrons. The molecule has 5 heteroatoms. The van der Waals surface area contributed by atoms with Crippen LogP contribution in [0.1, 0.15) is 16.8 Å². The summed E-state index contributed by atoms with van der Waals surface area (Å²) in [5, 5.41) is 2.79. The Balaban J connectivity index is 1.57. The van der Waals surface area contributed by atoms with Gasteiger partial charge < -0.3 is 9.47 Å². The van der Waals surface area contributed by atoms with Crippen LogP contribution in [0.5, 0.6) is 5.75 Å². The van der Waals surface area contributed by atoms with Gasteiger partial charge >= 0.3 is 5.97 Å². The fourth-order valence-electron chi connectivity index (χ4n) is 2.34. The van der Waals surface area contributed by atoms with Crippen molar-refractivity contribution in [2.75, 3.05) is 7.11 Å². The van der Waals surface area contributed by atoms with E-state index < -0.39 is 0 Å². The molecular formula is C20H19NO3S. The van der Waals surface area contributed by atoms with Crippen LogP contribution in [0.3, 0.4) is 0 Å². The Morgan fingerprint density at radius 1 is 1.16 bits per heavy atom. The topological polar surface area (TPSA) is 48.4 Å². The summed E-state index contributed by atoms with van der Waals surface area (Å²) >= 11 is 1.52. The summed E-state index contributed by atoms with van der Waals surface area (Å²) in [4.78, 5) is 16.5. The summed E-state index contributed by atoms with van der Waals surface area (Å²) in [7, 11) is 1.64. The largest absolute Gasteiger partial charge is 0.497 e. The zero-order valence-electron chi connectivity index (χ0n) is 14.2. The number of aromatic nitrogens is 1. The molecule has 3 rings (SSSR count). The molecule has 1 heterocycles. The lowest BCUT2D eigenvalue weighted by atomic mass is 10.1. The van der Waals surface area contributed by atoms with Crippen molar-refractivity contribution in [1.82, 2.24) is 4.98 Å². The van der Waals surface area contributed by atoms with Gasteiger partial charge in [-0.1, -0.05) is 42.0 Å². The molecule has 0 bridgehead atoms. The molecule has 0 aliphatic heterocycles. The maximum Gasteiger partial charge on any atom is 0.310 e. The highest BCUT2D eigenvalue weighted by Gasteiger charge is 2.09. The van der Waals surface area contributed by atoms with E-state index in [9.17, 15) is 4.79 Å². The van der Waals surface area contributed by atoms with Crippen molar-refractivity contribution in [3.63, 3.8) is 0 Å². The third kappa shape index (κ3) is 4.67. The summed E-state index contributed by atoms with van der Waals surface area (Å²) < 4.78 is 10.6. The van der Waals surface area contributed by atoms with E-state index >= 15 is 0 Å². The molecule has 128 valence electrons. The van der Waals surface area contributed by atoms with Crippen LogP contribution in [0, 0.1) is 6.92 Å². The molecule has 0 fully saturated rings. The Morgan fingerprint density at radius 3 is 2.72 bits per heavy atom. The second kappa shape index (κ2) is 7.94. The molecule has 0 amide bonds. The molecule has 0 atom stereocenters. The van der Waals surface area contributed by atoms with Gasteiger partial charge in [-0.05, 0) is 24.6 Å². The minimum Gasteiger partial charge on any atom is -0.497 e. The van der Waals surface area contributed by atoms with E-state index in [-0.39, 0.29) is 19.0 Å². The quantitative estimate of drug-likeness (QED) is 0.616. The SMILES string of the molecule is COc1cccc(-c2nc(COC(=O)Cc3ccc(C)cc3)cs2)c1. The van der Waals surface area contributed by atoms with Crippen LogP contribution < -0.4 is 4.74 Å². The van der Waals surface area contributed by atoms with E-state index in [1.54, 1.807) is 7.11 Å². The minimum absolute atomic E-state index is 0.186. The lowest BCUT2D eigenvalue weighted by molar-refractivity contribution is -0.144. The number of nitrogens with zero attached hydrogens (tertiary/aromatic N) is 1. The van der Waals surface area contributed by atoms with Gasteiger partial charge in [0, 0.05) is 10.9 Å². The lowest BCUT2D eigenvalue weighted by Crippen LogP contribution is -2.08. The molecule has 0 N–H and O–H groups in total. The molecule has 3 aromatic rings. The van der Waals surface area contributed by atoms with E-state index in [0.717, 1.165) is 27.6 Å². The van der Waals surface area contributed by atoms with Crippen LogP contribution in [-0.2, 0) is 22.6 Å². The van der Waals surface area contributed by atoms with E-state index in [1.807, 2.05) is 60.8 Å². The number of hydrogen-bond acceptors (Lipinski definition) is 5. The first-order valence-electron chi connectivity index (χ1n) is 7.94. The lowest BCUT2D eigenvalue weighted by Gasteiger charge is -2.04. The summed E-state index contributed by atoms with van der Waals surface area (Å²) in [6.07, 6.45) is 0.271. The number of benzene rings is 2. The Hall–Kier alpha value is -2.66. The van der Waals surface area contributed by atoms with Crippen LogP contribution in [0.4, 0.5) is 0 Å². The predicted molar refractivity (Wildman–Crippen MR) is 98.8 cm³/mol. The summed E-state index contributed by atoms with van der Waals surface area (Å²) in [6, 6.07) is 15.6. The first-order chi connectivity index (χ1) is 12.1. The Labute approximate surface area is 151 Å². The van der Waals surface area contributed by atoms with Crippen LogP contribution in [0.25, 0.3) is 10.6 Å². The van der Waals surface area contributed by atoms with Crippen LogP contribution >= 0.6 is 11.3 Å². The maximum atomic E-state index is 12.0. The molecule has 0 aliphatic carbocycles. The third-order valence-electron chi connectivity index (χ3n) is 3.72. The van der Waals surface area contributed by atoms with Crippen molar-refractivity contribution in [3.8, 4) is 16.3 Å². The number of esters is 1. The number of thiazole rings is 1. The second-order valence-electron chi connectivity index (χ2n) is 5.70. The van der Waals surface area contributed by atoms with Crippen LogP contribution in [-0.4, -0.2) is 18.1 Å². The molecule has 25 heavy (non-hydrogen) atoms. The monoisotopic (exact) mass is 353 g/mol. The number of rotatable bonds is 6. The molecular weight excluding hydrogens is 334 g/mol. The molecule has 0 saturated carbocycles. The van der Waals surface area contributed by atoms with Crippen LogP contribution in [0.15, 0.2) is 53.9 Å². The van der Waals surface area contributed by atoms with Gasteiger partial charge in [0.25, 0.3) is 0 Å². The molecule has 0 saturated heterocycles. The molecule has 4 nitrogen and oxygen atoms in total. The van der Waals surface area contributed by atoms with Crippen molar-refractivity contribution in [3.05, 3.63) is 70.7 Å². The van der Waals surface area contributed by atoms with E-state index in [1.165, 1.54) is 16.9 Å². The smallest absolute Gasteiger partial charge is 0.310 e. The Bertz CT molecular complexity index is 855. The van der Waals surface area contributed by atoms with Gasteiger partial charge in [-0.15, -0.1) is 11.3 Å². The standard InChI is InChI=1S/C20H19NO3S/c1-14-6-8-15(9-7-14)10-19(22)24-12-17-13-25-20(21-17)16-4-3-5-18(11-16)23-2/h3-9,11,13H,10,12H2,1-2H3. The highest BCUT2D eigenvalue weighted by Crippen LogP contribution is 2.27.